The fourth-order valence-electron chi connectivity index (χ4n) is 2.17. The molecule has 1 aromatic heterocycles. The zero-order chi connectivity index (χ0) is 18.0. The molecule has 0 radical (unpaired) electrons. The summed E-state index contributed by atoms with van der Waals surface area (Å²) in [6.45, 7) is 0. The molecule has 3 N–H and O–H groups in total. The van der Waals surface area contributed by atoms with Gasteiger partial charge in [0.2, 0.25) is 0 Å². The molecule has 0 saturated heterocycles. The molecule has 0 atom stereocenters. The van der Waals surface area contributed by atoms with Gasteiger partial charge in [0.1, 0.15) is 16.9 Å². The van der Waals surface area contributed by atoms with Crippen LogP contribution in [0.5, 0.6) is 5.75 Å². The van der Waals surface area contributed by atoms with Crippen molar-refractivity contribution in [2.24, 2.45) is 0 Å². The Kier molecular flexibility index (Phi) is 4.40. The molecule has 0 unspecified atom stereocenters. The number of hydrogen-bond acceptors (Lipinski definition) is 5. The highest BCUT2D eigenvalue weighted by molar-refractivity contribution is 6.31. The number of carbonyl (C=O) groups excluding carboxylic acids is 2. The van der Waals surface area contributed by atoms with E-state index in [-0.39, 0.29) is 22.5 Å². The van der Waals surface area contributed by atoms with Crippen LogP contribution in [0.3, 0.4) is 0 Å². The van der Waals surface area contributed by atoms with Crippen LogP contribution < -0.4 is 16.5 Å². The molecule has 25 heavy (non-hydrogen) atoms. The van der Waals surface area contributed by atoms with Gasteiger partial charge in [-0.15, -0.1) is 0 Å². The summed E-state index contributed by atoms with van der Waals surface area (Å²) in [5.74, 6) is -1.84. The number of hydrogen-bond donors (Lipinski definition) is 3. The second kappa shape index (κ2) is 6.66. The molecular formula is C17H11ClN2O5. The summed E-state index contributed by atoms with van der Waals surface area (Å²) in [4.78, 5) is 36.0. The Labute approximate surface area is 145 Å². The van der Waals surface area contributed by atoms with Crippen LogP contribution in [0.25, 0.3) is 11.0 Å². The molecule has 8 heteroatoms. The molecule has 0 aliphatic carbocycles. The van der Waals surface area contributed by atoms with Crippen LogP contribution in [0.15, 0.2) is 57.7 Å². The first-order valence-electron chi connectivity index (χ1n) is 7.08. The number of phenolic OH excluding ortho intramolecular Hbond substituents is 1. The van der Waals surface area contributed by atoms with E-state index in [1.807, 2.05) is 0 Å². The summed E-state index contributed by atoms with van der Waals surface area (Å²) in [5, 5.41) is 10.5. The largest absolute Gasteiger partial charge is 0.507 e. The van der Waals surface area contributed by atoms with E-state index >= 15 is 0 Å². The minimum absolute atomic E-state index is 0.0277. The summed E-state index contributed by atoms with van der Waals surface area (Å²) >= 11 is 5.87. The van der Waals surface area contributed by atoms with E-state index < -0.39 is 17.4 Å². The minimum Gasteiger partial charge on any atom is -0.507 e. The number of fused-ring (bicyclic) bond motifs is 1. The van der Waals surface area contributed by atoms with Gasteiger partial charge in [0, 0.05) is 10.4 Å². The fraction of sp³-hybridized carbons (Fsp3) is 0. The van der Waals surface area contributed by atoms with Gasteiger partial charge in [0.25, 0.3) is 11.8 Å². The van der Waals surface area contributed by atoms with Gasteiger partial charge in [-0.2, -0.15) is 0 Å². The maximum atomic E-state index is 12.1. The normalized spacial score (nSPS) is 10.4. The molecule has 0 saturated carbocycles. The fourth-order valence-corrected chi connectivity index (χ4v) is 2.35. The molecule has 0 bridgehead atoms. The lowest BCUT2D eigenvalue weighted by Crippen LogP contribution is -2.43. The number of nitrogens with one attached hydrogen (secondary N) is 2. The third-order valence-electron chi connectivity index (χ3n) is 3.38. The Bertz CT molecular complexity index is 1040. The van der Waals surface area contributed by atoms with Crippen molar-refractivity contribution in [3.8, 4) is 5.75 Å². The zero-order valence-electron chi connectivity index (χ0n) is 12.6. The van der Waals surface area contributed by atoms with Gasteiger partial charge in [-0.1, -0.05) is 23.7 Å². The highest BCUT2D eigenvalue weighted by Crippen LogP contribution is 2.19. The predicted molar refractivity (Wildman–Crippen MR) is 90.5 cm³/mol. The number of para-hydroxylation sites is 1. The quantitative estimate of drug-likeness (QED) is 0.481. The molecule has 3 aromatic rings. The predicted octanol–water partition coefficient (Wildman–Crippen LogP) is 2.23. The summed E-state index contributed by atoms with van der Waals surface area (Å²) in [6.07, 6.45) is 0. The number of amides is 2. The van der Waals surface area contributed by atoms with Crippen molar-refractivity contribution in [1.29, 1.82) is 0 Å². The van der Waals surface area contributed by atoms with Crippen LogP contribution in [0.2, 0.25) is 5.02 Å². The third kappa shape index (κ3) is 3.46. The van der Waals surface area contributed by atoms with E-state index in [0.717, 1.165) is 0 Å². The van der Waals surface area contributed by atoms with E-state index in [4.69, 9.17) is 16.0 Å². The second-order valence-electron chi connectivity index (χ2n) is 5.06. The van der Waals surface area contributed by atoms with Crippen LogP contribution in [-0.4, -0.2) is 16.9 Å². The van der Waals surface area contributed by atoms with Gasteiger partial charge in [0.05, 0.1) is 5.56 Å². The summed E-state index contributed by atoms with van der Waals surface area (Å²) in [5.41, 5.74) is 3.32. The van der Waals surface area contributed by atoms with E-state index in [2.05, 4.69) is 10.9 Å². The van der Waals surface area contributed by atoms with Crippen LogP contribution in [0.1, 0.15) is 20.7 Å². The number of halogens is 1. The molecule has 0 fully saturated rings. The van der Waals surface area contributed by atoms with Crippen molar-refractivity contribution >= 4 is 34.4 Å². The molecule has 0 spiro atoms. The van der Waals surface area contributed by atoms with Crippen molar-refractivity contribution < 1.29 is 19.1 Å². The van der Waals surface area contributed by atoms with Gasteiger partial charge in [-0.3, -0.25) is 20.4 Å². The van der Waals surface area contributed by atoms with Gasteiger partial charge >= 0.3 is 5.63 Å². The average Bonchev–Trinajstić information content (AvgIpc) is 2.59. The summed E-state index contributed by atoms with van der Waals surface area (Å²) in [6, 6.07) is 11.7. The van der Waals surface area contributed by atoms with E-state index in [0.29, 0.717) is 10.4 Å². The smallest absolute Gasteiger partial charge is 0.349 e. The molecule has 2 amide bonds. The van der Waals surface area contributed by atoms with Crippen LogP contribution in [0.4, 0.5) is 0 Å². The summed E-state index contributed by atoms with van der Waals surface area (Å²) in [7, 11) is 0. The molecule has 1 heterocycles. The van der Waals surface area contributed by atoms with Crippen molar-refractivity contribution in [3.05, 3.63) is 75.1 Å². The Morgan fingerprint density at radius 3 is 2.36 bits per heavy atom. The molecular weight excluding hydrogens is 348 g/mol. The van der Waals surface area contributed by atoms with Gasteiger partial charge in [-0.05, 0) is 36.4 Å². The van der Waals surface area contributed by atoms with Crippen molar-refractivity contribution in [1.82, 2.24) is 10.9 Å². The maximum absolute atomic E-state index is 12.1. The first-order chi connectivity index (χ1) is 12.0. The van der Waals surface area contributed by atoms with Crippen molar-refractivity contribution in [2.45, 2.75) is 0 Å². The lowest BCUT2D eigenvalue weighted by atomic mass is 10.2. The lowest BCUT2D eigenvalue weighted by molar-refractivity contribution is 0.0843. The van der Waals surface area contributed by atoms with Crippen LogP contribution in [0, 0.1) is 0 Å². The standard InChI is InChI=1S/C17H11ClN2O5/c18-10-5-6-14-9(7-10)8-12(17(24)25-14)16(23)20-19-15(22)11-3-1-2-4-13(11)21/h1-8,21H,(H,19,22)(H,20,23). The van der Waals surface area contributed by atoms with Gasteiger partial charge in [0.15, 0.2) is 0 Å². The molecule has 7 nitrogen and oxygen atoms in total. The first kappa shape index (κ1) is 16.5. The van der Waals surface area contributed by atoms with E-state index in [1.165, 1.54) is 30.3 Å². The topological polar surface area (TPSA) is 109 Å². The van der Waals surface area contributed by atoms with Gasteiger partial charge < -0.3 is 9.52 Å². The third-order valence-corrected chi connectivity index (χ3v) is 3.61. The molecule has 3 rings (SSSR count). The number of carbonyl (C=O) groups is 2. The monoisotopic (exact) mass is 358 g/mol. The number of hydrazine groups is 1. The Morgan fingerprint density at radius 1 is 0.960 bits per heavy atom. The minimum atomic E-state index is -0.862. The highest BCUT2D eigenvalue weighted by Gasteiger charge is 2.16. The number of phenols is 1. The Balaban J connectivity index is 1.80. The number of rotatable bonds is 2. The SMILES string of the molecule is O=C(NNC(=O)c1cc2cc(Cl)ccc2oc1=O)c1ccccc1O. The van der Waals surface area contributed by atoms with Crippen LogP contribution >= 0.6 is 11.6 Å². The first-order valence-corrected chi connectivity index (χ1v) is 7.45. The molecule has 0 aliphatic heterocycles. The van der Waals surface area contributed by atoms with Gasteiger partial charge in [-0.25, -0.2) is 4.79 Å². The highest BCUT2D eigenvalue weighted by atomic mass is 35.5. The Hall–Kier alpha value is -3.32. The van der Waals surface area contributed by atoms with E-state index in [9.17, 15) is 19.5 Å². The second-order valence-corrected chi connectivity index (χ2v) is 5.49. The summed E-state index contributed by atoms with van der Waals surface area (Å²) < 4.78 is 5.05. The number of aromatic hydroxyl groups is 1. The molecule has 2 aromatic carbocycles. The Morgan fingerprint density at radius 2 is 1.64 bits per heavy atom. The zero-order valence-corrected chi connectivity index (χ0v) is 13.3. The van der Waals surface area contributed by atoms with Crippen molar-refractivity contribution in [3.63, 3.8) is 0 Å². The number of benzene rings is 2. The van der Waals surface area contributed by atoms with E-state index in [1.54, 1.807) is 18.2 Å². The van der Waals surface area contributed by atoms with Crippen LogP contribution in [-0.2, 0) is 0 Å². The molecule has 126 valence electrons. The maximum Gasteiger partial charge on any atom is 0.349 e. The van der Waals surface area contributed by atoms with Crippen molar-refractivity contribution in [2.75, 3.05) is 0 Å². The molecule has 0 aliphatic rings. The lowest BCUT2D eigenvalue weighted by Gasteiger charge is -2.08. The average molecular weight is 359 g/mol.